The van der Waals surface area contributed by atoms with Crippen LogP contribution in [0.5, 0.6) is 0 Å². The smallest absolute Gasteiger partial charge is 0.230 e. The van der Waals surface area contributed by atoms with Crippen LogP contribution in [0.15, 0.2) is 0 Å². The van der Waals surface area contributed by atoms with Gasteiger partial charge in [-0.15, -0.1) is 0 Å². The molecule has 0 bridgehead atoms. The number of nitrogens with zero attached hydrogens (tertiary/aromatic N) is 1. The van der Waals surface area contributed by atoms with Crippen molar-refractivity contribution >= 4 is 11.8 Å². The molecule has 112 valence electrons. The van der Waals surface area contributed by atoms with Gasteiger partial charge in [0.15, 0.2) is 0 Å². The standard InChI is InChI=1S/C16H26N2O2/c1-12-5-8-17-11-13(12)18-14(19)9-16(10-15(18)20)6-3-2-4-7-16/h12-13,17H,2-11H2,1H3. The van der Waals surface area contributed by atoms with Crippen molar-refractivity contribution in [3.8, 4) is 0 Å². The molecule has 0 aromatic rings. The third-order valence-corrected chi connectivity index (χ3v) is 5.62. The summed E-state index contributed by atoms with van der Waals surface area (Å²) in [7, 11) is 0. The summed E-state index contributed by atoms with van der Waals surface area (Å²) in [5, 5.41) is 3.33. The summed E-state index contributed by atoms with van der Waals surface area (Å²) in [6.07, 6.45) is 8.01. The number of imide groups is 1. The molecule has 0 aromatic heterocycles. The largest absolute Gasteiger partial charge is 0.315 e. The average Bonchev–Trinajstić information content (AvgIpc) is 2.41. The second kappa shape index (κ2) is 5.47. The SMILES string of the molecule is CC1CCNCC1N1C(=O)CC2(CCCCC2)CC1=O. The van der Waals surface area contributed by atoms with Crippen molar-refractivity contribution in [3.05, 3.63) is 0 Å². The molecule has 2 amide bonds. The molecule has 2 aliphatic heterocycles. The summed E-state index contributed by atoms with van der Waals surface area (Å²) >= 11 is 0. The van der Waals surface area contributed by atoms with Gasteiger partial charge < -0.3 is 5.32 Å². The highest BCUT2D eigenvalue weighted by atomic mass is 16.2. The molecule has 20 heavy (non-hydrogen) atoms. The molecule has 0 radical (unpaired) electrons. The Bertz CT molecular complexity index is 381. The van der Waals surface area contributed by atoms with Crippen LogP contribution in [0.4, 0.5) is 0 Å². The van der Waals surface area contributed by atoms with Crippen molar-refractivity contribution in [1.29, 1.82) is 0 Å². The maximum Gasteiger partial charge on any atom is 0.230 e. The zero-order valence-electron chi connectivity index (χ0n) is 12.5. The topological polar surface area (TPSA) is 49.4 Å². The Morgan fingerprint density at radius 2 is 1.75 bits per heavy atom. The molecule has 3 aliphatic rings. The van der Waals surface area contributed by atoms with E-state index < -0.39 is 0 Å². The first-order chi connectivity index (χ1) is 9.61. The monoisotopic (exact) mass is 278 g/mol. The minimum absolute atomic E-state index is 0.00818. The van der Waals surface area contributed by atoms with Gasteiger partial charge in [-0.3, -0.25) is 14.5 Å². The average molecular weight is 278 g/mol. The van der Waals surface area contributed by atoms with E-state index in [1.165, 1.54) is 19.3 Å². The molecular weight excluding hydrogens is 252 g/mol. The number of carbonyl (C=O) groups excluding carboxylic acids is 2. The second-order valence-corrected chi connectivity index (χ2v) is 7.11. The van der Waals surface area contributed by atoms with E-state index in [0.29, 0.717) is 18.8 Å². The zero-order chi connectivity index (χ0) is 14.2. The molecule has 1 spiro atoms. The number of hydrogen-bond acceptors (Lipinski definition) is 3. The summed E-state index contributed by atoms with van der Waals surface area (Å²) in [5.74, 6) is 0.594. The lowest BCUT2D eigenvalue weighted by atomic mass is 9.67. The minimum Gasteiger partial charge on any atom is -0.315 e. The molecule has 0 aromatic carbocycles. The van der Waals surface area contributed by atoms with Gasteiger partial charge >= 0.3 is 0 Å². The summed E-state index contributed by atoms with van der Waals surface area (Å²) in [5.41, 5.74) is 0.00818. The third kappa shape index (κ3) is 2.50. The van der Waals surface area contributed by atoms with E-state index in [0.717, 1.165) is 32.4 Å². The summed E-state index contributed by atoms with van der Waals surface area (Å²) < 4.78 is 0. The van der Waals surface area contributed by atoms with Crippen LogP contribution in [0.3, 0.4) is 0 Å². The first kappa shape index (κ1) is 14.1. The van der Waals surface area contributed by atoms with E-state index >= 15 is 0 Å². The second-order valence-electron chi connectivity index (χ2n) is 7.11. The van der Waals surface area contributed by atoms with Crippen LogP contribution in [0.2, 0.25) is 0 Å². The summed E-state index contributed by atoms with van der Waals surface area (Å²) in [4.78, 5) is 26.8. The zero-order valence-corrected chi connectivity index (χ0v) is 12.5. The van der Waals surface area contributed by atoms with Crippen LogP contribution in [-0.4, -0.2) is 35.8 Å². The number of carbonyl (C=O) groups is 2. The number of nitrogens with one attached hydrogen (secondary N) is 1. The Hall–Kier alpha value is -0.900. The number of likely N-dealkylation sites (tertiary alicyclic amines) is 1. The molecule has 2 unspecified atom stereocenters. The van der Waals surface area contributed by atoms with Gasteiger partial charge in [0.2, 0.25) is 11.8 Å². The van der Waals surface area contributed by atoms with E-state index in [1.807, 2.05) is 0 Å². The molecule has 3 rings (SSSR count). The Morgan fingerprint density at radius 1 is 1.10 bits per heavy atom. The number of amides is 2. The van der Waals surface area contributed by atoms with Crippen LogP contribution in [0.25, 0.3) is 0 Å². The lowest BCUT2D eigenvalue weighted by molar-refractivity contribution is -0.159. The van der Waals surface area contributed by atoms with Crippen LogP contribution in [-0.2, 0) is 9.59 Å². The van der Waals surface area contributed by atoms with Gasteiger partial charge in [-0.2, -0.15) is 0 Å². The normalized spacial score (nSPS) is 34.5. The van der Waals surface area contributed by atoms with Crippen molar-refractivity contribution in [2.24, 2.45) is 11.3 Å². The van der Waals surface area contributed by atoms with Gasteiger partial charge in [-0.25, -0.2) is 0 Å². The van der Waals surface area contributed by atoms with Crippen molar-refractivity contribution in [1.82, 2.24) is 10.2 Å². The van der Waals surface area contributed by atoms with Gasteiger partial charge in [-0.05, 0) is 37.1 Å². The van der Waals surface area contributed by atoms with Gasteiger partial charge in [-0.1, -0.05) is 26.2 Å². The fourth-order valence-corrected chi connectivity index (χ4v) is 4.36. The van der Waals surface area contributed by atoms with Crippen LogP contribution in [0, 0.1) is 11.3 Å². The fraction of sp³-hybridized carbons (Fsp3) is 0.875. The highest BCUT2D eigenvalue weighted by molar-refractivity contribution is 5.99. The number of hydrogen-bond donors (Lipinski definition) is 1. The highest BCUT2D eigenvalue weighted by Gasteiger charge is 2.46. The number of piperidine rings is 2. The third-order valence-electron chi connectivity index (χ3n) is 5.62. The van der Waals surface area contributed by atoms with Gasteiger partial charge in [0.05, 0.1) is 6.04 Å². The van der Waals surface area contributed by atoms with Crippen LogP contribution < -0.4 is 5.32 Å². The molecule has 4 heteroatoms. The Morgan fingerprint density at radius 3 is 2.35 bits per heavy atom. The molecule has 2 atom stereocenters. The van der Waals surface area contributed by atoms with Crippen molar-refractivity contribution in [2.75, 3.05) is 13.1 Å². The lowest BCUT2D eigenvalue weighted by Crippen LogP contribution is -2.59. The predicted octanol–water partition coefficient (Wildman–Crippen LogP) is 2.08. The maximum absolute atomic E-state index is 12.6. The Balaban J connectivity index is 1.75. The van der Waals surface area contributed by atoms with Crippen LogP contribution >= 0.6 is 0 Å². The van der Waals surface area contributed by atoms with E-state index in [2.05, 4.69) is 12.2 Å². The highest BCUT2D eigenvalue weighted by Crippen LogP contribution is 2.46. The van der Waals surface area contributed by atoms with E-state index in [-0.39, 0.29) is 23.3 Å². The maximum atomic E-state index is 12.6. The van der Waals surface area contributed by atoms with Gasteiger partial charge in [0, 0.05) is 19.4 Å². The molecule has 2 saturated heterocycles. The molecule has 1 saturated carbocycles. The molecule has 1 N–H and O–H groups in total. The van der Waals surface area contributed by atoms with Crippen molar-refractivity contribution in [3.63, 3.8) is 0 Å². The van der Waals surface area contributed by atoms with E-state index in [4.69, 9.17) is 0 Å². The van der Waals surface area contributed by atoms with E-state index in [1.54, 1.807) is 4.90 Å². The molecule has 1 aliphatic carbocycles. The molecule has 4 nitrogen and oxygen atoms in total. The summed E-state index contributed by atoms with van der Waals surface area (Å²) in [6.45, 7) is 3.93. The van der Waals surface area contributed by atoms with Gasteiger partial charge in [0.1, 0.15) is 0 Å². The van der Waals surface area contributed by atoms with Crippen molar-refractivity contribution in [2.45, 2.75) is 64.3 Å². The quantitative estimate of drug-likeness (QED) is 0.747. The summed E-state index contributed by atoms with van der Waals surface area (Å²) in [6, 6.07) is 0.0738. The molecular formula is C16H26N2O2. The Labute approximate surface area is 121 Å². The molecule has 3 fully saturated rings. The van der Waals surface area contributed by atoms with Gasteiger partial charge in [0.25, 0.3) is 0 Å². The van der Waals surface area contributed by atoms with Crippen LogP contribution in [0.1, 0.15) is 58.3 Å². The predicted molar refractivity (Wildman–Crippen MR) is 77.0 cm³/mol. The first-order valence-corrected chi connectivity index (χ1v) is 8.17. The first-order valence-electron chi connectivity index (χ1n) is 8.17. The number of rotatable bonds is 1. The molecule has 2 heterocycles. The minimum atomic E-state index is 0.00818. The van der Waals surface area contributed by atoms with E-state index in [9.17, 15) is 9.59 Å². The lowest BCUT2D eigenvalue weighted by Gasteiger charge is -2.46. The Kier molecular flexibility index (Phi) is 3.85. The van der Waals surface area contributed by atoms with Crippen molar-refractivity contribution < 1.29 is 9.59 Å². The fourth-order valence-electron chi connectivity index (χ4n) is 4.36.